The lowest BCUT2D eigenvalue weighted by Crippen LogP contribution is -2.19. The molecule has 2 aromatic rings. The summed E-state index contributed by atoms with van der Waals surface area (Å²) in [6, 6.07) is 0.0952. The third-order valence-electron chi connectivity index (χ3n) is 3.70. The maximum Gasteiger partial charge on any atom is 0.162 e. The normalized spacial score (nSPS) is 18.7. The third kappa shape index (κ3) is 1.71. The van der Waals surface area contributed by atoms with Gasteiger partial charge in [0.1, 0.15) is 0 Å². The molecule has 1 atom stereocenters. The molecule has 0 saturated heterocycles. The first-order chi connectivity index (χ1) is 8.66. The largest absolute Gasteiger partial charge is 0.324 e. The summed E-state index contributed by atoms with van der Waals surface area (Å²) >= 11 is 0. The lowest BCUT2D eigenvalue weighted by Gasteiger charge is -2.20. The second-order valence-corrected chi connectivity index (χ2v) is 4.86. The molecule has 94 valence electrons. The summed E-state index contributed by atoms with van der Waals surface area (Å²) in [5.74, 6) is 0.758. The van der Waals surface area contributed by atoms with Gasteiger partial charge in [-0.3, -0.25) is 4.68 Å². The summed E-state index contributed by atoms with van der Waals surface area (Å²) < 4.78 is 1.84. The van der Waals surface area contributed by atoms with Crippen molar-refractivity contribution in [2.45, 2.75) is 32.2 Å². The summed E-state index contributed by atoms with van der Waals surface area (Å²) in [6.07, 6.45) is 6.84. The zero-order chi connectivity index (χ0) is 12.7. The molecular weight excluding hydrogens is 226 g/mol. The minimum atomic E-state index is 0.0952. The quantitative estimate of drug-likeness (QED) is 0.824. The van der Waals surface area contributed by atoms with E-state index in [4.69, 9.17) is 5.73 Å². The Labute approximate surface area is 106 Å². The first-order valence-electron chi connectivity index (χ1n) is 6.27. The van der Waals surface area contributed by atoms with Crippen molar-refractivity contribution in [3.8, 4) is 11.4 Å². The van der Waals surface area contributed by atoms with Crippen molar-refractivity contribution in [3.63, 3.8) is 0 Å². The summed E-state index contributed by atoms with van der Waals surface area (Å²) in [5, 5.41) is 4.23. The first kappa shape index (κ1) is 11.3. The smallest absolute Gasteiger partial charge is 0.162 e. The highest BCUT2D eigenvalue weighted by molar-refractivity contribution is 5.57. The molecule has 2 N–H and O–H groups in total. The number of rotatable bonds is 1. The van der Waals surface area contributed by atoms with Gasteiger partial charge in [0.05, 0.1) is 11.8 Å². The van der Waals surface area contributed by atoms with E-state index in [0.717, 1.165) is 47.6 Å². The maximum atomic E-state index is 6.07. The predicted octanol–water partition coefficient (Wildman–Crippen LogP) is 1.52. The van der Waals surface area contributed by atoms with Crippen LogP contribution in [-0.2, 0) is 13.5 Å². The van der Waals surface area contributed by atoms with Gasteiger partial charge in [-0.1, -0.05) is 0 Å². The van der Waals surface area contributed by atoms with Crippen LogP contribution in [-0.4, -0.2) is 19.7 Å². The molecule has 0 amide bonds. The van der Waals surface area contributed by atoms with Crippen molar-refractivity contribution in [1.29, 1.82) is 0 Å². The standard InChI is InChI=1S/C13H17N5/c1-8-9(7-16-18(8)2)13-15-6-10-11(14)4-3-5-12(10)17-13/h6-7,11H,3-5,14H2,1-2H3. The molecule has 1 aliphatic rings. The van der Waals surface area contributed by atoms with Crippen LogP contribution < -0.4 is 5.73 Å². The van der Waals surface area contributed by atoms with Gasteiger partial charge in [-0.2, -0.15) is 5.10 Å². The molecule has 5 nitrogen and oxygen atoms in total. The van der Waals surface area contributed by atoms with E-state index >= 15 is 0 Å². The topological polar surface area (TPSA) is 69.6 Å². The minimum absolute atomic E-state index is 0.0952. The van der Waals surface area contributed by atoms with Crippen molar-refractivity contribution in [2.24, 2.45) is 12.8 Å². The van der Waals surface area contributed by atoms with Crippen molar-refractivity contribution in [2.75, 3.05) is 0 Å². The van der Waals surface area contributed by atoms with E-state index in [1.165, 1.54) is 0 Å². The van der Waals surface area contributed by atoms with Crippen LogP contribution in [0.4, 0.5) is 0 Å². The minimum Gasteiger partial charge on any atom is -0.324 e. The Morgan fingerprint density at radius 2 is 2.22 bits per heavy atom. The Morgan fingerprint density at radius 1 is 1.39 bits per heavy atom. The van der Waals surface area contributed by atoms with Gasteiger partial charge in [-0.25, -0.2) is 9.97 Å². The molecule has 3 rings (SSSR count). The van der Waals surface area contributed by atoms with E-state index in [1.54, 1.807) is 0 Å². The Bertz CT molecular complexity index is 587. The van der Waals surface area contributed by atoms with Crippen molar-refractivity contribution in [1.82, 2.24) is 19.7 Å². The lowest BCUT2D eigenvalue weighted by atomic mass is 9.93. The van der Waals surface area contributed by atoms with Crippen LogP contribution in [0.3, 0.4) is 0 Å². The molecule has 0 fully saturated rings. The highest BCUT2D eigenvalue weighted by Gasteiger charge is 2.20. The van der Waals surface area contributed by atoms with Gasteiger partial charge in [0.2, 0.25) is 0 Å². The van der Waals surface area contributed by atoms with Gasteiger partial charge in [0.15, 0.2) is 5.82 Å². The fraction of sp³-hybridized carbons (Fsp3) is 0.462. The number of aromatic nitrogens is 4. The van der Waals surface area contributed by atoms with Crippen molar-refractivity contribution in [3.05, 3.63) is 29.3 Å². The third-order valence-corrected chi connectivity index (χ3v) is 3.70. The summed E-state index contributed by atoms with van der Waals surface area (Å²) in [5.41, 5.74) is 10.4. The van der Waals surface area contributed by atoms with Crippen LogP contribution in [0, 0.1) is 6.92 Å². The van der Waals surface area contributed by atoms with E-state index in [1.807, 2.05) is 31.0 Å². The SMILES string of the molecule is Cc1c(-c2ncc3c(n2)CCCC3N)cnn1C. The fourth-order valence-electron chi connectivity index (χ4n) is 2.43. The second-order valence-electron chi connectivity index (χ2n) is 4.86. The van der Waals surface area contributed by atoms with Gasteiger partial charge in [0.25, 0.3) is 0 Å². The molecule has 5 heteroatoms. The molecule has 0 radical (unpaired) electrons. The Kier molecular flexibility index (Phi) is 2.63. The van der Waals surface area contributed by atoms with E-state index < -0.39 is 0 Å². The van der Waals surface area contributed by atoms with Crippen LogP contribution >= 0.6 is 0 Å². The average molecular weight is 243 g/mol. The number of hydrogen-bond donors (Lipinski definition) is 1. The Hall–Kier alpha value is -1.75. The molecule has 0 aromatic carbocycles. The summed E-state index contributed by atoms with van der Waals surface area (Å²) in [7, 11) is 1.92. The number of nitrogens with two attached hydrogens (primary N) is 1. The lowest BCUT2D eigenvalue weighted by molar-refractivity contribution is 0.557. The molecule has 0 bridgehead atoms. The number of fused-ring (bicyclic) bond motifs is 1. The second kappa shape index (κ2) is 4.17. The summed E-state index contributed by atoms with van der Waals surface area (Å²) in [4.78, 5) is 9.11. The van der Waals surface area contributed by atoms with Gasteiger partial charge in [-0.05, 0) is 26.2 Å². The first-order valence-corrected chi connectivity index (χ1v) is 6.27. The van der Waals surface area contributed by atoms with Gasteiger partial charge in [0, 0.05) is 36.2 Å². The molecule has 0 saturated carbocycles. The van der Waals surface area contributed by atoms with Gasteiger partial charge >= 0.3 is 0 Å². The van der Waals surface area contributed by atoms with Crippen LogP contribution in [0.5, 0.6) is 0 Å². The highest BCUT2D eigenvalue weighted by Crippen LogP contribution is 2.28. The number of aryl methyl sites for hydroxylation is 2. The molecule has 2 aromatic heterocycles. The average Bonchev–Trinajstić information content (AvgIpc) is 2.70. The molecule has 1 unspecified atom stereocenters. The molecule has 2 heterocycles. The Balaban J connectivity index is 2.07. The predicted molar refractivity (Wildman–Crippen MR) is 68.8 cm³/mol. The number of nitrogens with zero attached hydrogens (tertiary/aromatic N) is 4. The monoisotopic (exact) mass is 243 g/mol. The van der Waals surface area contributed by atoms with Crippen LogP contribution in [0.2, 0.25) is 0 Å². The maximum absolute atomic E-state index is 6.07. The zero-order valence-corrected chi connectivity index (χ0v) is 10.7. The fourth-order valence-corrected chi connectivity index (χ4v) is 2.43. The van der Waals surface area contributed by atoms with Crippen LogP contribution in [0.25, 0.3) is 11.4 Å². The molecule has 0 aliphatic heterocycles. The molecular formula is C13H17N5. The zero-order valence-electron chi connectivity index (χ0n) is 10.7. The summed E-state index contributed by atoms with van der Waals surface area (Å²) in [6.45, 7) is 2.02. The number of hydrogen-bond acceptors (Lipinski definition) is 4. The molecule has 0 spiro atoms. The Morgan fingerprint density at radius 3 is 2.94 bits per heavy atom. The highest BCUT2D eigenvalue weighted by atomic mass is 15.3. The van der Waals surface area contributed by atoms with Crippen LogP contribution in [0.1, 0.15) is 35.8 Å². The van der Waals surface area contributed by atoms with Crippen LogP contribution in [0.15, 0.2) is 12.4 Å². The molecule has 1 aliphatic carbocycles. The van der Waals surface area contributed by atoms with Crippen molar-refractivity contribution < 1.29 is 0 Å². The van der Waals surface area contributed by atoms with Crippen molar-refractivity contribution >= 4 is 0 Å². The van der Waals surface area contributed by atoms with E-state index in [2.05, 4.69) is 15.1 Å². The van der Waals surface area contributed by atoms with E-state index in [9.17, 15) is 0 Å². The van der Waals surface area contributed by atoms with Gasteiger partial charge < -0.3 is 5.73 Å². The van der Waals surface area contributed by atoms with Gasteiger partial charge in [-0.15, -0.1) is 0 Å². The van der Waals surface area contributed by atoms with E-state index in [-0.39, 0.29) is 6.04 Å². The van der Waals surface area contributed by atoms with E-state index in [0.29, 0.717) is 0 Å². The molecule has 18 heavy (non-hydrogen) atoms.